The summed E-state index contributed by atoms with van der Waals surface area (Å²) in [7, 11) is 0. The van der Waals surface area contributed by atoms with Gasteiger partial charge in [-0.2, -0.15) is 0 Å². The van der Waals surface area contributed by atoms with E-state index in [0.717, 1.165) is 27.6 Å². The molecule has 3 N–H and O–H groups in total. The van der Waals surface area contributed by atoms with E-state index in [1.807, 2.05) is 91.1 Å². The monoisotopic (exact) mass is 459 g/mol. The van der Waals surface area contributed by atoms with Crippen LogP contribution in [-0.2, 0) is 16.0 Å². The van der Waals surface area contributed by atoms with Gasteiger partial charge < -0.3 is 15.6 Å². The first-order valence-corrected chi connectivity index (χ1v) is 11.5. The number of hydrogen-bond donors (Lipinski definition) is 3. The van der Waals surface area contributed by atoms with E-state index in [2.05, 4.69) is 15.6 Å². The van der Waals surface area contributed by atoms with Crippen molar-refractivity contribution in [3.63, 3.8) is 0 Å². The molecule has 0 bridgehead atoms. The highest BCUT2D eigenvalue weighted by Crippen LogP contribution is 2.25. The summed E-state index contributed by atoms with van der Waals surface area (Å²) in [5, 5.41) is 6.87. The molecule has 1 atom stereocenters. The largest absolute Gasteiger partial charge is 0.361 e. The summed E-state index contributed by atoms with van der Waals surface area (Å²) >= 11 is 5.78. The van der Waals surface area contributed by atoms with Gasteiger partial charge in [-0.1, -0.05) is 78.9 Å². The van der Waals surface area contributed by atoms with Crippen LogP contribution >= 0.6 is 11.6 Å². The fourth-order valence-corrected chi connectivity index (χ4v) is 4.16. The Hall–Kier alpha value is -3.57. The summed E-state index contributed by atoms with van der Waals surface area (Å²) in [5.74, 6) is -0.706. The van der Waals surface area contributed by atoms with Gasteiger partial charge in [0, 0.05) is 35.9 Å². The molecule has 4 aromatic rings. The van der Waals surface area contributed by atoms with E-state index >= 15 is 0 Å². The molecule has 168 valence electrons. The van der Waals surface area contributed by atoms with Gasteiger partial charge in [0.1, 0.15) is 6.04 Å². The molecule has 6 heteroatoms. The SMILES string of the molecule is O=C(N[C@@H](Cc1c[nH]c2ccccc12)C(=O)NCCCl)C(c1ccccc1)c1ccccc1. The molecule has 0 aliphatic rings. The van der Waals surface area contributed by atoms with Crippen molar-refractivity contribution in [1.82, 2.24) is 15.6 Å². The summed E-state index contributed by atoms with van der Waals surface area (Å²) in [4.78, 5) is 29.8. The number of para-hydroxylation sites is 1. The zero-order valence-electron chi connectivity index (χ0n) is 18.1. The first-order chi connectivity index (χ1) is 16.2. The molecule has 0 spiro atoms. The topological polar surface area (TPSA) is 74.0 Å². The minimum absolute atomic E-state index is 0.224. The number of fused-ring (bicyclic) bond motifs is 1. The van der Waals surface area contributed by atoms with Gasteiger partial charge in [-0.15, -0.1) is 11.6 Å². The number of rotatable bonds is 9. The van der Waals surface area contributed by atoms with Gasteiger partial charge in [0.2, 0.25) is 11.8 Å². The van der Waals surface area contributed by atoms with Gasteiger partial charge in [0.15, 0.2) is 0 Å². The number of aromatic amines is 1. The molecule has 0 aliphatic heterocycles. The van der Waals surface area contributed by atoms with Crippen LogP contribution in [-0.4, -0.2) is 35.3 Å². The van der Waals surface area contributed by atoms with Crippen LogP contribution in [0.2, 0.25) is 0 Å². The molecule has 0 saturated heterocycles. The van der Waals surface area contributed by atoms with Crippen LogP contribution in [0.25, 0.3) is 10.9 Å². The number of carbonyl (C=O) groups excluding carboxylic acids is 2. The lowest BCUT2D eigenvalue weighted by Gasteiger charge is -2.23. The maximum Gasteiger partial charge on any atom is 0.242 e. The predicted molar refractivity (Wildman–Crippen MR) is 132 cm³/mol. The third-order valence-corrected chi connectivity index (χ3v) is 5.84. The maximum absolute atomic E-state index is 13.6. The molecule has 0 saturated carbocycles. The predicted octanol–water partition coefficient (Wildman–Crippen LogP) is 4.38. The van der Waals surface area contributed by atoms with Gasteiger partial charge in [-0.25, -0.2) is 0 Å². The van der Waals surface area contributed by atoms with Gasteiger partial charge in [-0.3, -0.25) is 9.59 Å². The number of aromatic nitrogens is 1. The molecular formula is C27H26ClN3O2. The summed E-state index contributed by atoms with van der Waals surface area (Å²) < 4.78 is 0. The van der Waals surface area contributed by atoms with Crippen molar-refractivity contribution >= 4 is 34.3 Å². The van der Waals surface area contributed by atoms with Gasteiger partial charge in [0.25, 0.3) is 0 Å². The molecular weight excluding hydrogens is 434 g/mol. The molecule has 4 rings (SSSR count). The number of halogens is 1. The van der Waals surface area contributed by atoms with Crippen molar-refractivity contribution in [3.05, 3.63) is 108 Å². The third-order valence-electron chi connectivity index (χ3n) is 5.65. The van der Waals surface area contributed by atoms with Gasteiger partial charge in [0.05, 0.1) is 5.92 Å². The van der Waals surface area contributed by atoms with Crippen LogP contribution in [0.5, 0.6) is 0 Å². The van der Waals surface area contributed by atoms with Crippen LogP contribution < -0.4 is 10.6 Å². The number of benzene rings is 3. The maximum atomic E-state index is 13.6. The van der Waals surface area contributed by atoms with Crippen LogP contribution in [0.3, 0.4) is 0 Å². The quantitative estimate of drug-likeness (QED) is 0.325. The minimum atomic E-state index is -0.741. The standard InChI is InChI=1S/C27H26ClN3O2/c28-15-16-29-26(32)24(17-21-18-30-23-14-8-7-13-22(21)23)31-27(33)25(19-9-3-1-4-10-19)20-11-5-2-6-12-20/h1-14,18,24-25,30H,15-17H2,(H,29,32)(H,31,33)/t24-/m0/s1. The molecule has 3 aromatic carbocycles. The molecule has 0 radical (unpaired) electrons. The zero-order valence-corrected chi connectivity index (χ0v) is 18.9. The Bertz CT molecular complexity index is 1170. The molecule has 0 fully saturated rings. The Balaban J connectivity index is 1.63. The Morgan fingerprint density at radius 1 is 0.818 bits per heavy atom. The number of H-pyrrole nitrogens is 1. The van der Waals surface area contributed by atoms with Crippen molar-refractivity contribution in [3.8, 4) is 0 Å². The highest BCUT2D eigenvalue weighted by molar-refractivity contribution is 6.18. The second-order valence-corrected chi connectivity index (χ2v) is 8.24. The highest BCUT2D eigenvalue weighted by Gasteiger charge is 2.28. The molecule has 2 amide bonds. The fourth-order valence-electron chi connectivity index (χ4n) is 4.06. The first-order valence-electron chi connectivity index (χ1n) is 11.0. The molecule has 0 unspecified atom stereocenters. The second kappa shape index (κ2) is 10.8. The van der Waals surface area contributed by atoms with E-state index in [1.165, 1.54) is 0 Å². The van der Waals surface area contributed by atoms with E-state index in [4.69, 9.17) is 11.6 Å². The fraction of sp³-hybridized carbons (Fsp3) is 0.185. The van der Waals surface area contributed by atoms with Crippen LogP contribution in [0.4, 0.5) is 0 Å². The summed E-state index contributed by atoms with van der Waals surface area (Å²) in [5.41, 5.74) is 3.69. The van der Waals surface area contributed by atoms with Crippen molar-refractivity contribution in [2.45, 2.75) is 18.4 Å². The van der Waals surface area contributed by atoms with Crippen LogP contribution in [0.15, 0.2) is 91.1 Å². The van der Waals surface area contributed by atoms with E-state index < -0.39 is 12.0 Å². The molecule has 0 aliphatic carbocycles. The van der Waals surface area contributed by atoms with Gasteiger partial charge in [-0.05, 0) is 22.8 Å². The van der Waals surface area contributed by atoms with Crippen molar-refractivity contribution in [1.29, 1.82) is 0 Å². The lowest BCUT2D eigenvalue weighted by Crippen LogP contribution is -2.49. The van der Waals surface area contributed by atoms with Crippen molar-refractivity contribution in [2.24, 2.45) is 0 Å². The zero-order chi connectivity index (χ0) is 23.0. The number of amides is 2. The molecule has 5 nitrogen and oxygen atoms in total. The Kier molecular flexibility index (Phi) is 7.43. The summed E-state index contributed by atoms with van der Waals surface area (Å²) in [6.07, 6.45) is 2.25. The Morgan fingerprint density at radius 2 is 1.42 bits per heavy atom. The van der Waals surface area contributed by atoms with E-state index in [1.54, 1.807) is 0 Å². The molecule has 1 heterocycles. The normalized spacial score (nSPS) is 11.9. The molecule has 33 heavy (non-hydrogen) atoms. The van der Waals surface area contributed by atoms with Crippen LogP contribution in [0, 0.1) is 0 Å². The highest BCUT2D eigenvalue weighted by atomic mass is 35.5. The number of alkyl halides is 1. The lowest BCUT2D eigenvalue weighted by molar-refractivity contribution is -0.129. The van der Waals surface area contributed by atoms with Crippen molar-refractivity contribution < 1.29 is 9.59 Å². The van der Waals surface area contributed by atoms with E-state index in [9.17, 15) is 9.59 Å². The van der Waals surface area contributed by atoms with Gasteiger partial charge >= 0.3 is 0 Å². The van der Waals surface area contributed by atoms with E-state index in [0.29, 0.717) is 18.8 Å². The lowest BCUT2D eigenvalue weighted by atomic mass is 9.90. The summed E-state index contributed by atoms with van der Waals surface area (Å²) in [6.45, 7) is 0.335. The Labute approximate surface area is 198 Å². The Morgan fingerprint density at radius 3 is 2.06 bits per heavy atom. The first kappa shape index (κ1) is 22.6. The van der Waals surface area contributed by atoms with Crippen molar-refractivity contribution in [2.75, 3.05) is 12.4 Å². The molecule has 1 aromatic heterocycles. The van der Waals surface area contributed by atoms with E-state index in [-0.39, 0.29) is 11.8 Å². The third kappa shape index (κ3) is 5.44. The van der Waals surface area contributed by atoms with Crippen LogP contribution in [0.1, 0.15) is 22.6 Å². The summed E-state index contributed by atoms with van der Waals surface area (Å²) in [6, 6.07) is 26.4. The average molecular weight is 460 g/mol. The number of carbonyl (C=O) groups is 2. The number of hydrogen-bond acceptors (Lipinski definition) is 2. The number of nitrogens with one attached hydrogen (secondary N) is 3. The second-order valence-electron chi connectivity index (χ2n) is 7.86. The smallest absolute Gasteiger partial charge is 0.242 e. The average Bonchev–Trinajstić information content (AvgIpc) is 3.26. The minimum Gasteiger partial charge on any atom is -0.361 e.